The third-order valence-corrected chi connectivity index (χ3v) is 6.08. The van der Waals surface area contributed by atoms with Gasteiger partial charge in [0.2, 0.25) is 0 Å². The van der Waals surface area contributed by atoms with Crippen molar-refractivity contribution in [2.45, 2.75) is 71.0 Å². The number of rotatable bonds is 4. The minimum Gasteiger partial charge on any atom is -0.311 e. The van der Waals surface area contributed by atoms with Crippen LogP contribution in [0.25, 0.3) is 0 Å². The molecule has 3 rings (SSSR count). The summed E-state index contributed by atoms with van der Waals surface area (Å²) in [6.45, 7) is 7.81. The van der Waals surface area contributed by atoms with Crippen molar-refractivity contribution in [3.05, 3.63) is 16.1 Å². The van der Waals surface area contributed by atoms with E-state index in [9.17, 15) is 0 Å². The highest BCUT2D eigenvalue weighted by atomic mass is 32.1. The molecule has 1 N–H and O–H groups in total. The Balaban J connectivity index is 1.69. The van der Waals surface area contributed by atoms with Crippen LogP contribution in [0, 0.1) is 12.8 Å². The lowest BCUT2D eigenvalue weighted by Crippen LogP contribution is -2.58. The summed E-state index contributed by atoms with van der Waals surface area (Å²) in [5, 5.41) is 7.22. The van der Waals surface area contributed by atoms with Gasteiger partial charge >= 0.3 is 0 Å². The third-order valence-electron chi connectivity index (χ3n) is 5.26. The first-order valence-electron chi connectivity index (χ1n) is 8.64. The Morgan fingerprint density at radius 1 is 1.33 bits per heavy atom. The van der Waals surface area contributed by atoms with Crippen LogP contribution in [0.5, 0.6) is 0 Å². The fourth-order valence-corrected chi connectivity index (χ4v) is 4.63. The molecular formula is C17H29N3S. The highest BCUT2D eigenvalue weighted by molar-refractivity contribution is 7.09. The number of piperazine rings is 1. The Kier molecular flexibility index (Phi) is 5.30. The first kappa shape index (κ1) is 15.4. The molecule has 1 saturated heterocycles. The van der Waals surface area contributed by atoms with Crippen LogP contribution in [0.15, 0.2) is 5.38 Å². The molecule has 2 unspecified atom stereocenters. The maximum atomic E-state index is 4.69. The van der Waals surface area contributed by atoms with Crippen molar-refractivity contribution in [2.75, 3.05) is 13.1 Å². The zero-order valence-electron chi connectivity index (χ0n) is 13.5. The van der Waals surface area contributed by atoms with Crippen molar-refractivity contribution in [2.24, 2.45) is 5.92 Å². The van der Waals surface area contributed by atoms with Crippen molar-refractivity contribution in [3.63, 3.8) is 0 Å². The van der Waals surface area contributed by atoms with Gasteiger partial charge in [0, 0.05) is 37.1 Å². The molecule has 1 aliphatic carbocycles. The van der Waals surface area contributed by atoms with Crippen molar-refractivity contribution >= 4 is 11.3 Å². The Hall–Kier alpha value is -0.450. The Bertz CT molecular complexity index is 439. The number of aromatic nitrogens is 1. The van der Waals surface area contributed by atoms with Crippen LogP contribution in [0.2, 0.25) is 0 Å². The highest BCUT2D eigenvalue weighted by Gasteiger charge is 2.33. The summed E-state index contributed by atoms with van der Waals surface area (Å²) >= 11 is 1.78. The topological polar surface area (TPSA) is 28.2 Å². The lowest BCUT2D eigenvalue weighted by molar-refractivity contribution is 0.0636. The summed E-state index contributed by atoms with van der Waals surface area (Å²) in [5.41, 5.74) is 1.27. The van der Waals surface area contributed by atoms with Gasteiger partial charge in [-0.1, -0.05) is 26.2 Å². The minimum absolute atomic E-state index is 0.657. The molecule has 0 bridgehead atoms. The number of nitrogens with one attached hydrogen (secondary N) is 1. The second-order valence-electron chi connectivity index (χ2n) is 6.77. The highest BCUT2D eigenvalue weighted by Crippen LogP contribution is 2.31. The quantitative estimate of drug-likeness (QED) is 0.921. The first-order chi connectivity index (χ1) is 10.3. The second-order valence-corrected chi connectivity index (χ2v) is 7.83. The molecule has 1 aromatic heterocycles. The van der Waals surface area contributed by atoms with Gasteiger partial charge in [0.15, 0.2) is 0 Å². The van der Waals surface area contributed by atoms with Gasteiger partial charge in [0.25, 0.3) is 0 Å². The average Bonchev–Trinajstić information content (AvgIpc) is 2.93. The Labute approximate surface area is 133 Å². The van der Waals surface area contributed by atoms with Crippen LogP contribution in [0.1, 0.15) is 56.2 Å². The Morgan fingerprint density at radius 3 is 2.81 bits per heavy atom. The van der Waals surface area contributed by atoms with Gasteiger partial charge in [0.05, 0.1) is 10.7 Å². The molecule has 2 atom stereocenters. The number of nitrogens with zero attached hydrogens (tertiary/aromatic N) is 2. The van der Waals surface area contributed by atoms with E-state index in [1.807, 2.05) is 0 Å². The van der Waals surface area contributed by atoms with E-state index >= 15 is 0 Å². The fourth-order valence-electron chi connectivity index (χ4n) is 4.03. The maximum absolute atomic E-state index is 4.69. The molecule has 0 spiro atoms. The van der Waals surface area contributed by atoms with Gasteiger partial charge in [0.1, 0.15) is 0 Å². The van der Waals surface area contributed by atoms with Gasteiger partial charge in [-0.3, -0.25) is 4.90 Å². The maximum Gasteiger partial charge on any atom is 0.0897 e. The minimum atomic E-state index is 0.657. The van der Waals surface area contributed by atoms with Crippen molar-refractivity contribution in [3.8, 4) is 0 Å². The van der Waals surface area contributed by atoms with E-state index in [2.05, 4.69) is 29.4 Å². The third kappa shape index (κ3) is 3.85. The van der Waals surface area contributed by atoms with E-state index in [0.717, 1.165) is 18.5 Å². The predicted molar refractivity (Wildman–Crippen MR) is 89.7 cm³/mol. The lowest BCUT2D eigenvalue weighted by Gasteiger charge is -2.44. The van der Waals surface area contributed by atoms with E-state index in [1.54, 1.807) is 11.3 Å². The molecule has 0 amide bonds. The number of hydrogen-bond donors (Lipinski definition) is 1. The second kappa shape index (κ2) is 7.21. The largest absolute Gasteiger partial charge is 0.311 e. The van der Waals surface area contributed by atoms with E-state index in [4.69, 9.17) is 4.98 Å². The van der Waals surface area contributed by atoms with Crippen molar-refractivity contribution < 1.29 is 0 Å². The Morgan fingerprint density at radius 2 is 2.14 bits per heavy atom. The number of thiazole rings is 1. The molecule has 4 heteroatoms. The smallest absolute Gasteiger partial charge is 0.0897 e. The van der Waals surface area contributed by atoms with Gasteiger partial charge < -0.3 is 5.32 Å². The number of aryl methyl sites for hydroxylation is 1. The van der Waals surface area contributed by atoms with Crippen molar-refractivity contribution in [1.82, 2.24) is 15.2 Å². The molecule has 118 valence electrons. The lowest BCUT2D eigenvalue weighted by atomic mass is 9.82. The SMILES string of the molecule is CCC1CN(Cc2csc(C)n2)C(C2CCCCC2)CN1. The summed E-state index contributed by atoms with van der Waals surface area (Å²) in [6.07, 6.45) is 8.39. The van der Waals surface area contributed by atoms with Crippen LogP contribution in [0.3, 0.4) is 0 Å². The molecule has 0 radical (unpaired) electrons. The van der Waals surface area contributed by atoms with Crippen LogP contribution >= 0.6 is 11.3 Å². The molecule has 0 aromatic carbocycles. The molecular weight excluding hydrogens is 278 g/mol. The van der Waals surface area contributed by atoms with Crippen LogP contribution in [-0.2, 0) is 6.54 Å². The normalized spacial score (nSPS) is 28.9. The summed E-state index contributed by atoms with van der Waals surface area (Å²) in [4.78, 5) is 7.42. The molecule has 1 aromatic rings. The van der Waals surface area contributed by atoms with Crippen LogP contribution < -0.4 is 5.32 Å². The zero-order chi connectivity index (χ0) is 14.7. The predicted octanol–water partition coefficient (Wildman–Crippen LogP) is 3.58. The molecule has 2 fully saturated rings. The molecule has 1 aliphatic heterocycles. The van der Waals surface area contributed by atoms with Gasteiger partial charge in [-0.15, -0.1) is 11.3 Å². The molecule has 2 aliphatic rings. The summed E-state index contributed by atoms with van der Waals surface area (Å²) < 4.78 is 0. The molecule has 1 saturated carbocycles. The van der Waals surface area contributed by atoms with Crippen molar-refractivity contribution in [1.29, 1.82) is 0 Å². The summed E-state index contributed by atoms with van der Waals surface area (Å²) in [6, 6.07) is 1.37. The summed E-state index contributed by atoms with van der Waals surface area (Å²) in [7, 11) is 0. The van der Waals surface area contributed by atoms with Gasteiger partial charge in [-0.2, -0.15) is 0 Å². The van der Waals surface area contributed by atoms with E-state index < -0.39 is 0 Å². The summed E-state index contributed by atoms with van der Waals surface area (Å²) in [5.74, 6) is 0.892. The standard InChI is InChI=1S/C17H29N3S/c1-3-15-10-20(11-16-12-21-13(2)19-16)17(9-18-15)14-7-5-4-6-8-14/h12,14-15,17-18H,3-11H2,1-2H3. The van der Waals surface area contributed by atoms with Gasteiger partial charge in [-0.25, -0.2) is 4.98 Å². The zero-order valence-corrected chi connectivity index (χ0v) is 14.3. The number of hydrogen-bond acceptors (Lipinski definition) is 4. The van der Waals surface area contributed by atoms with E-state index in [1.165, 1.54) is 62.3 Å². The molecule has 2 heterocycles. The average molecular weight is 308 g/mol. The monoisotopic (exact) mass is 307 g/mol. The molecule has 3 nitrogen and oxygen atoms in total. The van der Waals surface area contributed by atoms with E-state index in [0.29, 0.717) is 6.04 Å². The van der Waals surface area contributed by atoms with E-state index in [-0.39, 0.29) is 0 Å². The van der Waals surface area contributed by atoms with Crippen LogP contribution in [0.4, 0.5) is 0 Å². The molecule has 21 heavy (non-hydrogen) atoms. The van der Waals surface area contributed by atoms with Crippen LogP contribution in [-0.4, -0.2) is 35.1 Å². The van der Waals surface area contributed by atoms with Gasteiger partial charge in [-0.05, 0) is 32.1 Å². The fraction of sp³-hybridized carbons (Fsp3) is 0.824. The first-order valence-corrected chi connectivity index (χ1v) is 9.52.